The minimum atomic E-state index is -0.216. The number of carbonyl (C=O) groups is 2. The van der Waals surface area contributed by atoms with Crippen LogP contribution in [0.4, 0.5) is 11.4 Å². The monoisotopic (exact) mass is 562 g/mol. The van der Waals surface area contributed by atoms with Crippen LogP contribution in [-0.2, 0) is 4.79 Å². The summed E-state index contributed by atoms with van der Waals surface area (Å²) in [5.41, 5.74) is 3.41. The van der Waals surface area contributed by atoms with Gasteiger partial charge >= 0.3 is 0 Å². The number of hydrogen-bond donors (Lipinski definition) is 2. The topological polar surface area (TPSA) is 97.1 Å². The molecule has 1 aliphatic carbocycles. The summed E-state index contributed by atoms with van der Waals surface area (Å²) in [6.45, 7) is 0. The molecule has 0 aliphatic heterocycles. The lowest BCUT2D eigenvalue weighted by Gasteiger charge is -2.14. The zero-order valence-electron chi connectivity index (χ0n) is 23.0. The molecular weight excluding hydrogens is 536 g/mol. The van der Waals surface area contributed by atoms with Crippen LogP contribution in [0.25, 0.3) is 45.8 Å². The molecule has 43 heavy (non-hydrogen) atoms. The molecule has 7 rings (SSSR count). The molecule has 5 aromatic carbocycles. The van der Waals surface area contributed by atoms with Crippen molar-refractivity contribution in [2.75, 3.05) is 10.6 Å². The van der Waals surface area contributed by atoms with E-state index in [-0.39, 0.29) is 17.7 Å². The van der Waals surface area contributed by atoms with Gasteiger partial charge in [-0.1, -0.05) is 66.7 Å². The fraction of sp³-hybridized carbons (Fsp3) is 0.0556. The van der Waals surface area contributed by atoms with Crippen molar-refractivity contribution in [3.05, 3.63) is 131 Å². The van der Waals surface area contributed by atoms with Gasteiger partial charge in [0, 0.05) is 28.1 Å². The van der Waals surface area contributed by atoms with Crippen LogP contribution in [0.15, 0.2) is 120 Å². The third-order valence-electron chi connectivity index (χ3n) is 7.53. The summed E-state index contributed by atoms with van der Waals surface area (Å²) in [7, 11) is 0. The van der Waals surface area contributed by atoms with E-state index >= 15 is 0 Å². The lowest BCUT2D eigenvalue weighted by atomic mass is 9.96. The van der Waals surface area contributed by atoms with Crippen molar-refractivity contribution in [2.24, 2.45) is 5.92 Å². The molecule has 0 spiro atoms. The summed E-state index contributed by atoms with van der Waals surface area (Å²) < 4.78 is 5.93. The minimum Gasteiger partial charge on any atom is -0.416 e. The Bertz CT molecular complexity index is 2100. The quantitative estimate of drug-likeness (QED) is 0.258. The third kappa shape index (κ3) is 5.56. The fourth-order valence-electron chi connectivity index (χ4n) is 5.19. The van der Waals surface area contributed by atoms with Gasteiger partial charge in [-0.25, -0.2) is 0 Å². The number of nitrogens with one attached hydrogen (secondary N) is 2. The Morgan fingerprint density at radius 2 is 1.26 bits per heavy atom. The number of benzene rings is 5. The second-order valence-corrected chi connectivity index (χ2v) is 10.4. The zero-order valence-corrected chi connectivity index (χ0v) is 23.0. The summed E-state index contributed by atoms with van der Waals surface area (Å²) in [6.07, 6.45) is 4.79. The normalized spacial score (nSPS) is 13.8. The molecule has 1 aliphatic rings. The van der Waals surface area contributed by atoms with Crippen LogP contribution >= 0.6 is 0 Å². The molecule has 7 heteroatoms. The van der Waals surface area contributed by atoms with E-state index in [0.29, 0.717) is 35.1 Å². The van der Waals surface area contributed by atoms with Crippen molar-refractivity contribution in [2.45, 2.75) is 6.42 Å². The summed E-state index contributed by atoms with van der Waals surface area (Å²) >= 11 is 0. The lowest BCUT2D eigenvalue weighted by Crippen LogP contribution is -2.32. The van der Waals surface area contributed by atoms with Gasteiger partial charge in [-0.05, 0) is 88.3 Å². The first-order valence-corrected chi connectivity index (χ1v) is 14.0. The van der Waals surface area contributed by atoms with Gasteiger partial charge in [-0.2, -0.15) is 0 Å². The van der Waals surface area contributed by atoms with Crippen LogP contribution in [-0.4, -0.2) is 22.0 Å². The first-order chi connectivity index (χ1) is 21.1. The van der Waals surface area contributed by atoms with Gasteiger partial charge in [0.2, 0.25) is 17.7 Å². The molecule has 0 fully saturated rings. The molecule has 2 amide bonds. The molecule has 0 saturated carbocycles. The molecule has 1 aromatic heterocycles. The van der Waals surface area contributed by atoms with E-state index in [2.05, 4.69) is 33.0 Å². The third-order valence-corrected chi connectivity index (χ3v) is 7.53. The standard InChI is InChI=1S/C36H26N4O3/c41-33(29-11-9-23-5-1-3-7-27(23)21-29)37-31-17-13-25(14-18-31)35-39-40-36(43-35)26-15-19-32(20-16-26)38-34(42)30-12-10-24-6-2-4-8-28(24)22-30/h1-11,13-22,30H,12H2,(H,37,41)(H,38,42). The van der Waals surface area contributed by atoms with Crippen LogP contribution < -0.4 is 21.1 Å². The number of hydrogen-bond acceptors (Lipinski definition) is 5. The Kier molecular flexibility index (Phi) is 6.81. The molecule has 1 atom stereocenters. The van der Waals surface area contributed by atoms with Crippen LogP contribution in [0.1, 0.15) is 16.8 Å². The molecule has 0 bridgehead atoms. The van der Waals surface area contributed by atoms with Gasteiger partial charge in [-0.3, -0.25) is 9.59 Å². The molecule has 0 radical (unpaired) electrons. The predicted molar refractivity (Wildman–Crippen MR) is 168 cm³/mol. The Morgan fingerprint density at radius 3 is 1.95 bits per heavy atom. The molecule has 2 N–H and O–H groups in total. The summed E-state index contributed by atoms with van der Waals surface area (Å²) in [5, 5.41) is 18.7. The Balaban J connectivity index is 0.990. The average Bonchev–Trinajstić information content (AvgIpc) is 3.55. The number of nitrogens with zero attached hydrogens (tertiary/aromatic N) is 2. The van der Waals surface area contributed by atoms with Gasteiger partial charge in [-0.15, -0.1) is 10.2 Å². The van der Waals surface area contributed by atoms with Gasteiger partial charge in [0.15, 0.2) is 0 Å². The van der Waals surface area contributed by atoms with E-state index in [4.69, 9.17) is 4.42 Å². The maximum atomic E-state index is 12.9. The Hall–Kier alpha value is -5.82. The van der Waals surface area contributed by atoms with E-state index in [9.17, 15) is 9.59 Å². The average molecular weight is 563 g/mol. The largest absolute Gasteiger partial charge is 0.416 e. The van der Waals surface area contributed by atoms with Gasteiger partial charge in [0.25, 0.3) is 5.91 Å². The molecule has 1 heterocycles. The van der Waals surface area contributed by atoms with Gasteiger partial charge in [0.05, 0.1) is 5.92 Å². The van der Waals surface area contributed by atoms with Crippen molar-refractivity contribution in [3.8, 4) is 22.9 Å². The highest BCUT2D eigenvalue weighted by atomic mass is 16.4. The summed E-state index contributed by atoms with van der Waals surface area (Å²) in [6, 6.07) is 36.2. The number of rotatable bonds is 6. The van der Waals surface area contributed by atoms with E-state index in [1.165, 1.54) is 0 Å². The predicted octanol–water partition coefficient (Wildman–Crippen LogP) is 6.03. The lowest BCUT2D eigenvalue weighted by molar-refractivity contribution is -0.118. The van der Waals surface area contributed by atoms with E-state index < -0.39 is 0 Å². The Labute approximate surface area is 247 Å². The molecule has 7 nitrogen and oxygen atoms in total. The van der Waals surface area contributed by atoms with E-state index in [0.717, 1.165) is 32.3 Å². The van der Waals surface area contributed by atoms with Crippen LogP contribution in [0.2, 0.25) is 0 Å². The number of carbonyl (C=O) groups excluding carboxylic acids is 2. The molecule has 6 aromatic rings. The van der Waals surface area contributed by atoms with Crippen LogP contribution in [0.3, 0.4) is 0 Å². The summed E-state index contributed by atoms with van der Waals surface area (Å²) in [5.74, 6) is 0.290. The van der Waals surface area contributed by atoms with E-state index in [1.807, 2.05) is 103 Å². The highest BCUT2D eigenvalue weighted by molar-refractivity contribution is 6.06. The van der Waals surface area contributed by atoms with Crippen molar-refractivity contribution >= 4 is 46.1 Å². The molecule has 208 valence electrons. The SMILES string of the molecule is O=C(Nc1ccc(-c2nnc(-c3ccc(NC(=O)C4C=c5ccccc5=CC4)cc3)o2)cc1)c1ccc2ccccc2c1. The number of amides is 2. The van der Waals surface area contributed by atoms with Crippen molar-refractivity contribution < 1.29 is 14.0 Å². The van der Waals surface area contributed by atoms with Crippen molar-refractivity contribution in [3.63, 3.8) is 0 Å². The summed E-state index contributed by atoms with van der Waals surface area (Å²) in [4.78, 5) is 25.7. The first-order valence-electron chi connectivity index (χ1n) is 14.0. The minimum absolute atomic E-state index is 0.0459. The second-order valence-electron chi connectivity index (χ2n) is 10.4. The Morgan fingerprint density at radius 1 is 0.651 bits per heavy atom. The maximum absolute atomic E-state index is 12.9. The zero-order chi connectivity index (χ0) is 29.2. The highest BCUT2D eigenvalue weighted by Crippen LogP contribution is 2.26. The smallest absolute Gasteiger partial charge is 0.255 e. The second kappa shape index (κ2) is 11.2. The highest BCUT2D eigenvalue weighted by Gasteiger charge is 2.17. The number of fused-ring (bicyclic) bond motifs is 2. The molecule has 1 unspecified atom stereocenters. The number of aromatic nitrogens is 2. The first kappa shape index (κ1) is 26.1. The molecule has 0 saturated heterocycles. The molecular formula is C36H26N4O3. The number of anilines is 2. The van der Waals surface area contributed by atoms with E-state index in [1.54, 1.807) is 12.1 Å². The van der Waals surface area contributed by atoms with Gasteiger partial charge < -0.3 is 15.1 Å². The van der Waals surface area contributed by atoms with Crippen LogP contribution in [0, 0.1) is 5.92 Å². The van der Waals surface area contributed by atoms with Gasteiger partial charge in [0.1, 0.15) is 0 Å². The van der Waals surface area contributed by atoms with Crippen LogP contribution in [0.5, 0.6) is 0 Å². The van der Waals surface area contributed by atoms with Crippen molar-refractivity contribution in [1.82, 2.24) is 10.2 Å². The van der Waals surface area contributed by atoms with Crippen molar-refractivity contribution in [1.29, 1.82) is 0 Å². The maximum Gasteiger partial charge on any atom is 0.255 e. The fourth-order valence-corrected chi connectivity index (χ4v) is 5.19.